The third-order valence-electron chi connectivity index (χ3n) is 2.24. The van der Waals surface area contributed by atoms with Crippen molar-refractivity contribution in [3.05, 3.63) is 53.0 Å². The predicted octanol–water partition coefficient (Wildman–Crippen LogP) is 2.28. The fourth-order valence-electron chi connectivity index (χ4n) is 1.42. The topological polar surface area (TPSA) is 66.6 Å². The Morgan fingerprint density at radius 1 is 1.50 bits per heavy atom. The largest absolute Gasteiger partial charge is 0.366 e. The molecule has 92 valence electrons. The lowest BCUT2D eigenvalue weighted by atomic mass is 10.3. The van der Waals surface area contributed by atoms with Crippen LogP contribution in [0.3, 0.4) is 0 Å². The predicted molar refractivity (Wildman–Crippen MR) is 74.1 cm³/mol. The number of aromatic nitrogens is 3. The van der Waals surface area contributed by atoms with Gasteiger partial charge in [0.05, 0.1) is 10.7 Å². The van der Waals surface area contributed by atoms with E-state index >= 15 is 0 Å². The molecule has 0 spiro atoms. The Labute approximate surface area is 113 Å². The Morgan fingerprint density at radius 2 is 2.39 bits per heavy atom. The van der Waals surface area contributed by atoms with Crippen molar-refractivity contribution in [3.8, 4) is 0 Å². The van der Waals surface area contributed by atoms with Crippen molar-refractivity contribution < 1.29 is 0 Å². The van der Waals surface area contributed by atoms with Crippen molar-refractivity contribution in [2.45, 2.75) is 6.54 Å². The van der Waals surface area contributed by atoms with Crippen LogP contribution in [0.15, 0.2) is 47.5 Å². The molecular formula is C12H12BrN5. The summed E-state index contributed by atoms with van der Waals surface area (Å²) >= 11 is 3.34. The highest BCUT2D eigenvalue weighted by molar-refractivity contribution is 9.10. The Hall–Kier alpha value is -1.95. The minimum Gasteiger partial charge on any atom is -0.366 e. The number of hydrogen-bond donors (Lipinski definition) is 2. The van der Waals surface area contributed by atoms with Crippen LogP contribution >= 0.6 is 15.9 Å². The molecule has 0 bridgehead atoms. The van der Waals surface area contributed by atoms with Gasteiger partial charge in [-0.25, -0.2) is 4.68 Å². The van der Waals surface area contributed by atoms with Crippen LogP contribution < -0.4 is 5.32 Å². The molecule has 2 heterocycles. The molecule has 0 radical (unpaired) electrons. The molecule has 2 aromatic heterocycles. The van der Waals surface area contributed by atoms with Crippen LogP contribution in [-0.4, -0.2) is 21.0 Å². The molecule has 2 N–H and O–H groups in total. The van der Waals surface area contributed by atoms with Gasteiger partial charge < -0.3 is 10.7 Å². The zero-order valence-electron chi connectivity index (χ0n) is 9.55. The van der Waals surface area contributed by atoms with E-state index in [2.05, 4.69) is 31.3 Å². The summed E-state index contributed by atoms with van der Waals surface area (Å²) in [7, 11) is 0. The van der Waals surface area contributed by atoms with Gasteiger partial charge in [-0.05, 0) is 33.6 Å². The average molecular weight is 306 g/mol. The number of nitrogens with zero attached hydrogens (tertiary/aromatic N) is 3. The summed E-state index contributed by atoms with van der Waals surface area (Å²) in [4.78, 5) is 4.05. The normalized spacial score (nSPS) is 11.3. The molecule has 6 heteroatoms. The maximum absolute atomic E-state index is 7.17. The second-order valence-corrected chi connectivity index (χ2v) is 4.45. The van der Waals surface area contributed by atoms with Gasteiger partial charge in [0.15, 0.2) is 0 Å². The summed E-state index contributed by atoms with van der Waals surface area (Å²) in [6.45, 7) is 0.630. The van der Waals surface area contributed by atoms with Gasteiger partial charge >= 0.3 is 0 Å². The molecule has 0 fully saturated rings. The maximum atomic E-state index is 7.17. The van der Waals surface area contributed by atoms with Crippen molar-refractivity contribution in [2.75, 3.05) is 0 Å². The molecule has 0 saturated heterocycles. The van der Waals surface area contributed by atoms with Crippen LogP contribution in [0.2, 0.25) is 0 Å². The lowest BCUT2D eigenvalue weighted by Gasteiger charge is -2.10. The Balaban J connectivity index is 2.09. The van der Waals surface area contributed by atoms with Crippen LogP contribution in [0, 0.1) is 5.41 Å². The Bertz CT molecular complexity index is 547. The van der Waals surface area contributed by atoms with Crippen LogP contribution in [0.25, 0.3) is 5.82 Å². The first-order valence-corrected chi connectivity index (χ1v) is 6.13. The van der Waals surface area contributed by atoms with E-state index in [4.69, 9.17) is 5.41 Å². The highest BCUT2D eigenvalue weighted by Gasteiger charge is 2.02. The van der Waals surface area contributed by atoms with Crippen LogP contribution in [-0.2, 0) is 6.54 Å². The molecule has 0 aliphatic heterocycles. The molecule has 0 saturated carbocycles. The molecule has 0 aliphatic rings. The fourth-order valence-corrected chi connectivity index (χ4v) is 1.71. The first-order chi connectivity index (χ1) is 8.79. The second kappa shape index (κ2) is 6.11. The first-order valence-electron chi connectivity index (χ1n) is 5.33. The third-order valence-corrected chi connectivity index (χ3v) is 2.65. The van der Waals surface area contributed by atoms with E-state index < -0.39 is 0 Å². The Morgan fingerprint density at radius 3 is 3.00 bits per heavy atom. The van der Waals surface area contributed by atoms with E-state index in [1.807, 2.05) is 18.3 Å². The van der Waals surface area contributed by atoms with E-state index in [1.54, 1.807) is 29.3 Å². The van der Waals surface area contributed by atoms with Gasteiger partial charge in [-0.2, -0.15) is 5.10 Å². The number of nitrogens with one attached hydrogen (secondary N) is 2. The summed E-state index contributed by atoms with van der Waals surface area (Å²) in [6, 6.07) is 3.88. The number of allylic oxidation sites excluding steroid dienone is 1. The zero-order chi connectivity index (χ0) is 12.8. The van der Waals surface area contributed by atoms with Crippen molar-refractivity contribution >= 4 is 28.0 Å². The monoisotopic (exact) mass is 305 g/mol. The molecule has 0 unspecified atom stereocenters. The van der Waals surface area contributed by atoms with E-state index in [1.165, 1.54) is 6.21 Å². The number of rotatable bonds is 5. The highest BCUT2D eigenvalue weighted by atomic mass is 79.9. The van der Waals surface area contributed by atoms with Crippen LogP contribution in [0.1, 0.15) is 5.56 Å². The molecule has 18 heavy (non-hydrogen) atoms. The summed E-state index contributed by atoms with van der Waals surface area (Å²) in [6.07, 6.45) is 9.93. The molecule has 2 rings (SSSR count). The fraction of sp³-hybridized carbons (Fsp3) is 0.0833. The Kier molecular flexibility index (Phi) is 4.25. The van der Waals surface area contributed by atoms with Gasteiger partial charge in [0.2, 0.25) is 0 Å². The number of halogens is 1. The van der Waals surface area contributed by atoms with Gasteiger partial charge in [-0.1, -0.05) is 6.07 Å². The van der Waals surface area contributed by atoms with Crippen LogP contribution in [0.4, 0.5) is 0 Å². The summed E-state index contributed by atoms with van der Waals surface area (Å²) in [5.74, 6) is 0.736. The quantitative estimate of drug-likeness (QED) is 0.833. The lowest BCUT2D eigenvalue weighted by Crippen LogP contribution is -2.17. The van der Waals surface area contributed by atoms with E-state index in [-0.39, 0.29) is 0 Å². The standard InChI is InChI=1S/C12H12BrN5/c13-11-8-17-18(9-11)12(3-4-14)16-7-10-2-1-5-15-6-10/h1-6,8-9,14,16H,7H2/b12-3-,14-4?. The summed E-state index contributed by atoms with van der Waals surface area (Å²) in [5, 5.41) is 14.5. The smallest absolute Gasteiger partial charge is 0.129 e. The van der Waals surface area contributed by atoms with E-state index in [0.29, 0.717) is 6.54 Å². The minimum absolute atomic E-state index is 0.630. The number of hydrogen-bond acceptors (Lipinski definition) is 4. The molecular weight excluding hydrogens is 294 g/mol. The van der Waals surface area contributed by atoms with Crippen molar-refractivity contribution in [1.82, 2.24) is 20.1 Å². The SMILES string of the molecule is N=C/C=C(/NCc1cccnc1)n1cc(Br)cn1. The molecule has 0 amide bonds. The van der Waals surface area contributed by atoms with Crippen LogP contribution in [0.5, 0.6) is 0 Å². The minimum atomic E-state index is 0.630. The zero-order valence-corrected chi connectivity index (χ0v) is 11.1. The number of pyridine rings is 1. The van der Waals surface area contributed by atoms with Crippen molar-refractivity contribution in [2.24, 2.45) is 0 Å². The van der Waals surface area contributed by atoms with Crippen molar-refractivity contribution in [1.29, 1.82) is 5.41 Å². The molecule has 5 nitrogen and oxygen atoms in total. The van der Waals surface area contributed by atoms with Gasteiger partial charge in [-0.3, -0.25) is 4.98 Å². The molecule has 0 aromatic carbocycles. The average Bonchev–Trinajstić information content (AvgIpc) is 2.82. The van der Waals surface area contributed by atoms with Gasteiger partial charge in [0.25, 0.3) is 0 Å². The van der Waals surface area contributed by atoms with E-state index in [9.17, 15) is 0 Å². The first kappa shape index (κ1) is 12.5. The molecule has 0 atom stereocenters. The summed E-state index contributed by atoms with van der Waals surface area (Å²) in [5.41, 5.74) is 1.07. The van der Waals surface area contributed by atoms with E-state index in [0.717, 1.165) is 15.9 Å². The van der Waals surface area contributed by atoms with Gasteiger partial charge in [-0.15, -0.1) is 0 Å². The lowest BCUT2D eigenvalue weighted by molar-refractivity contribution is 0.771. The second-order valence-electron chi connectivity index (χ2n) is 3.54. The molecule has 2 aromatic rings. The molecule has 0 aliphatic carbocycles. The van der Waals surface area contributed by atoms with Gasteiger partial charge in [0.1, 0.15) is 5.82 Å². The summed E-state index contributed by atoms with van der Waals surface area (Å²) < 4.78 is 2.56. The van der Waals surface area contributed by atoms with Crippen molar-refractivity contribution in [3.63, 3.8) is 0 Å². The van der Waals surface area contributed by atoms with Gasteiger partial charge in [0, 0.05) is 31.3 Å². The highest BCUT2D eigenvalue weighted by Crippen LogP contribution is 2.09. The maximum Gasteiger partial charge on any atom is 0.129 e. The third kappa shape index (κ3) is 3.27.